The quantitative estimate of drug-likeness (QED) is 0.631. The monoisotopic (exact) mass is 342 g/mol. The summed E-state index contributed by atoms with van der Waals surface area (Å²) in [5.74, 6) is -0.908. The molecule has 0 bridgehead atoms. The SMILES string of the molecule is COC(=O)c1cc(C(=O)OC)c([Si](C)(C)C)c(-c2ccccc2)c1. The highest BCUT2D eigenvalue weighted by atomic mass is 28.3. The topological polar surface area (TPSA) is 52.6 Å². The molecule has 2 aromatic rings. The lowest BCUT2D eigenvalue weighted by Gasteiger charge is -2.25. The van der Waals surface area contributed by atoms with Gasteiger partial charge in [-0.2, -0.15) is 0 Å². The van der Waals surface area contributed by atoms with Gasteiger partial charge in [-0.15, -0.1) is 0 Å². The minimum atomic E-state index is -1.91. The van der Waals surface area contributed by atoms with Crippen molar-refractivity contribution in [3.05, 3.63) is 53.6 Å². The summed E-state index contributed by atoms with van der Waals surface area (Å²) < 4.78 is 9.80. The molecule has 0 unspecified atom stereocenters. The van der Waals surface area contributed by atoms with E-state index in [0.717, 1.165) is 16.3 Å². The van der Waals surface area contributed by atoms with Gasteiger partial charge in [0.2, 0.25) is 0 Å². The van der Waals surface area contributed by atoms with E-state index in [0.29, 0.717) is 11.1 Å². The molecule has 0 fully saturated rings. The first-order valence-corrected chi connectivity index (χ1v) is 11.2. The smallest absolute Gasteiger partial charge is 0.337 e. The van der Waals surface area contributed by atoms with E-state index in [-0.39, 0.29) is 0 Å². The number of carbonyl (C=O) groups excluding carboxylic acids is 2. The second kappa shape index (κ2) is 7.01. The lowest BCUT2D eigenvalue weighted by atomic mass is 9.99. The van der Waals surface area contributed by atoms with Crippen LogP contribution in [0.4, 0.5) is 0 Å². The van der Waals surface area contributed by atoms with Crippen molar-refractivity contribution < 1.29 is 19.1 Å². The predicted octanol–water partition coefficient (Wildman–Crippen LogP) is 3.47. The molecule has 2 aromatic carbocycles. The van der Waals surface area contributed by atoms with Crippen molar-refractivity contribution in [2.24, 2.45) is 0 Å². The molecule has 0 atom stereocenters. The molecule has 0 amide bonds. The lowest BCUT2D eigenvalue weighted by Crippen LogP contribution is -2.43. The summed E-state index contributed by atoms with van der Waals surface area (Å²) in [5.41, 5.74) is 2.64. The van der Waals surface area contributed by atoms with Gasteiger partial charge in [-0.1, -0.05) is 50.0 Å². The number of ether oxygens (including phenoxy) is 2. The Morgan fingerprint density at radius 3 is 1.96 bits per heavy atom. The molecule has 0 aliphatic carbocycles. The van der Waals surface area contributed by atoms with E-state index in [1.807, 2.05) is 30.3 Å². The average Bonchev–Trinajstić information content (AvgIpc) is 2.59. The van der Waals surface area contributed by atoms with Crippen LogP contribution in [0.25, 0.3) is 11.1 Å². The van der Waals surface area contributed by atoms with Gasteiger partial charge in [0.1, 0.15) is 0 Å². The summed E-state index contributed by atoms with van der Waals surface area (Å²) in [5, 5.41) is 0.980. The Balaban J connectivity index is 2.88. The van der Waals surface area contributed by atoms with Gasteiger partial charge in [0, 0.05) is 0 Å². The molecule has 5 heteroatoms. The maximum Gasteiger partial charge on any atom is 0.337 e. The van der Waals surface area contributed by atoms with Gasteiger partial charge in [0.05, 0.1) is 33.4 Å². The fraction of sp³-hybridized carbons (Fsp3) is 0.263. The lowest BCUT2D eigenvalue weighted by molar-refractivity contribution is 0.0600. The van der Waals surface area contributed by atoms with Crippen molar-refractivity contribution in [3.63, 3.8) is 0 Å². The Kier molecular flexibility index (Phi) is 5.24. The van der Waals surface area contributed by atoms with Crippen LogP contribution in [0, 0.1) is 0 Å². The third kappa shape index (κ3) is 3.57. The number of hydrogen-bond donors (Lipinski definition) is 0. The van der Waals surface area contributed by atoms with Crippen LogP contribution in [0.15, 0.2) is 42.5 Å². The maximum atomic E-state index is 12.4. The Bertz CT molecular complexity index is 761. The summed E-state index contributed by atoms with van der Waals surface area (Å²) >= 11 is 0. The standard InChI is InChI=1S/C19H22O4Si/c1-22-18(20)14-11-15(13-9-7-6-8-10-13)17(24(3,4)5)16(12-14)19(21)23-2/h6-12H,1-5H3. The molecule has 0 N–H and O–H groups in total. The van der Waals surface area contributed by atoms with E-state index >= 15 is 0 Å². The number of hydrogen-bond acceptors (Lipinski definition) is 4. The van der Waals surface area contributed by atoms with Crippen molar-refractivity contribution >= 4 is 25.2 Å². The first kappa shape index (κ1) is 17.9. The summed E-state index contributed by atoms with van der Waals surface area (Å²) in [4.78, 5) is 24.4. The highest BCUT2D eigenvalue weighted by Gasteiger charge is 2.29. The highest BCUT2D eigenvalue weighted by molar-refractivity contribution is 6.90. The molecule has 0 radical (unpaired) electrons. The highest BCUT2D eigenvalue weighted by Crippen LogP contribution is 2.25. The zero-order valence-corrected chi connectivity index (χ0v) is 15.7. The van der Waals surface area contributed by atoms with E-state index in [2.05, 4.69) is 19.6 Å². The molecule has 4 nitrogen and oxygen atoms in total. The molecule has 2 rings (SSSR count). The maximum absolute atomic E-state index is 12.4. The first-order valence-electron chi connectivity index (χ1n) is 7.70. The van der Waals surface area contributed by atoms with Gasteiger partial charge in [-0.25, -0.2) is 9.59 Å². The molecular weight excluding hydrogens is 320 g/mol. The summed E-state index contributed by atoms with van der Waals surface area (Å²) in [6, 6.07) is 13.1. The molecule has 126 valence electrons. The van der Waals surface area contributed by atoms with Gasteiger partial charge in [0.15, 0.2) is 0 Å². The van der Waals surface area contributed by atoms with Gasteiger partial charge in [-0.3, -0.25) is 0 Å². The Labute approximate surface area is 143 Å². The Hall–Kier alpha value is -2.40. The van der Waals surface area contributed by atoms with E-state index in [1.165, 1.54) is 14.2 Å². The molecule has 0 heterocycles. The fourth-order valence-corrected chi connectivity index (χ4v) is 4.81. The minimum Gasteiger partial charge on any atom is -0.465 e. The van der Waals surface area contributed by atoms with Crippen molar-refractivity contribution in [2.45, 2.75) is 19.6 Å². The molecule has 0 saturated heterocycles. The van der Waals surface area contributed by atoms with Crippen LogP contribution in [0.2, 0.25) is 19.6 Å². The van der Waals surface area contributed by atoms with Gasteiger partial charge >= 0.3 is 11.9 Å². The number of methoxy groups -OCH3 is 2. The zero-order valence-electron chi connectivity index (χ0n) is 14.7. The zero-order chi connectivity index (χ0) is 17.9. The van der Waals surface area contributed by atoms with Crippen LogP contribution in [0.5, 0.6) is 0 Å². The van der Waals surface area contributed by atoms with Crippen LogP contribution in [-0.2, 0) is 9.47 Å². The van der Waals surface area contributed by atoms with E-state index < -0.39 is 20.0 Å². The second-order valence-corrected chi connectivity index (χ2v) is 11.5. The predicted molar refractivity (Wildman–Crippen MR) is 97.5 cm³/mol. The fourth-order valence-electron chi connectivity index (χ4n) is 2.80. The molecule has 0 aliphatic rings. The third-order valence-corrected chi connectivity index (χ3v) is 5.84. The molecule has 0 spiro atoms. The van der Waals surface area contributed by atoms with Crippen molar-refractivity contribution in [3.8, 4) is 11.1 Å². The summed E-state index contributed by atoms with van der Waals surface area (Å²) in [6.45, 7) is 6.50. The molecule has 0 aromatic heterocycles. The third-order valence-electron chi connectivity index (χ3n) is 3.80. The molecule has 0 saturated carbocycles. The molecule has 0 aliphatic heterocycles. The van der Waals surface area contributed by atoms with Crippen molar-refractivity contribution in [1.29, 1.82) is 0 Å². The largest absolute Gasteiger partial charge is 0.465 e. The van der Waals surface area contributed by atoms with Crippen LogP contribution < -0.4 is 5.19 Å². The van der Waals surface area contributed by atoms with Gasteiger partial charge in [0.25, 0.3) is 0 Å². The number of benzene rings is 2. The van der Waals surface area contributed by atoms with E-state index in [9.17, 15) is 9.59 Å². The van der Waals surface area contributed by atoms with Crippen LogP contribution >= 0.6 is 0 Å². The second-order valence-electron chi connectivity index (χ2n) is 6.55. The van der Waals surface area contributed by atoms with Crippen LogP contribution in [0.3, 0.4) is 0 Å². The number of carbonyl (C=O) groups is 2. The first-order chi connectivity index (χ1) is 11.3. The van der Waals surface area contributed by atoms with Crippen LogP contribution in [0.1, 0.15) is 20.7 Å². The molecular formula is C19H22O4Si. The van der Waals surface area contributed by atoms with E-state index in [4.69, 9.17) is 9.47 Å². The molecule has 24 heavy (non-hydrogen) atoms. The Morgan fingerprint density at radius 1 is 0.875 bits per heavy atom. The normalized spacial score (nSPS) is 11.0. The Morgan fingerprint density at radius 2 is 1.46 bits per heavy atom. The van der Waals surface area contributed by atoms with Gasteiger partial charge in [-0.05, 0) is 28.4 Å². The van der Waals surface area contributed by atoms with Crippen molar-refractivity contribution in [1.82, 2.24) is 0 Å². The van der Waals surface area contributed by atoms with Gasteiger partial charge < -0.3 is 9.47 Å². The van der Waals surface area contributed by atoms with Crippen LogP contribution in [-0.4, -0.2) is 34.2 Å². The number of esters is 2. The summed E-state index contributed by atoms with van der Waals surface area (Å²) in [6.07, 6.45) is 0. The number of rotatable bonds is 4. The summed E-state index contributed by atoms with van der Waals surface area (Å²) in [7, 11) is 0.774. The van der Waals surface area contributed by atoms with Crippen molar-refractivity contribution in [2.75, 3.05) is 14.2 Å². The average molecular weight is 342 g/mol. The van der Waals surface area contributed by atoms with E-state index in [1.54, 1.807) is 12.1 Å². The minimum absolute atomic E-state index is 0.346.